The molecule has 0 atom stereocenters. The van der Waals surface area contributed by atoms with Crippen molar-refractivity contribution in [1.29, 1.82) is 0 Å². The molecule has 2 aromatic rings. The third-order valence-electron chi connectivity index (χ3n) is 4.71. The van der Waals surface area contributed by atoms with Crippen LogP contribution in [0.15, 0.2) is 53.5 Å². The van der Waals surface area contributed by atoms with Gasteiger partial charge >= 0.3 is 0 Å². The molecule has 4 nitrogen and oxygen atoms in total. The number of rotatable bonds is 2. The van der Waals surface area contributed by atoms with Gasteiger partial charge in [0.2, 0.25) is 0 Å². The van der Waals surface area contributed by atoms with E-state index >= 15 is 0 Å². The Balaban J connectivity index is 1.64. The molecule has 124 valence electrons. The van der Waals surface area contributed by atoms with Gasteiger partial charge in [-0.25, -0.2) is 9.38 Å². The molecule has 0 bridgehead atoms. The highest BCUT2D eigenvalue weighted by molar-refractivity contribution is 6.00. The lowest BCUT2D eigenvalue weighted by Crippen LogP contribution is -2.56. The first-order valence-corrected chi connectivity index (χ1v) is 8.28. The van der Waals surface area contributed by atoms with E-state index in [-0.39, 0.29) is 11.4 Å². The number of amidine groups is 1. The molecule has 24 heavy (non-hydrogen) atoms. The summed E-state index contributed by atoms with van der Waals surface area (Å²) in [6.45, 7) is 1.79. The molecule has 2 heterocycles. The predicted octanol–water partition coefficient (Wildman–Crippen LogP) is 3.62. The van der Waals surface area contributed by atoms with Gasteiger partial charge in [-0.15, -0.1) is 0 Å². The molecule has 0 aromatic heterocycles. The number of fused-ring (bicyclic) bond motifs is 1. The maximum Gasteiger partial charge on any atom is 0.129 e. The average molecular weight is 325 g/mol. The van der Waals surface area contributed by atoms with Crippen LogP contribution in [0.1, 0.15) is 18.4 Å². The van der Waals surface area contributed by atoms with Crippen molar-refractivity contribution in [2.24, 2.45) is 4.99 Å². The molecule has 1 spiro atoms. The number of aliphatic imine (C=N–C) groups is 1. The molecule has 4 rings (SSSR count). The lowest BCUT2D eigenvalue weighted by atomic mass is 9.86. The first-order valence-electron chi connectivity index (χ1n) is 8.28. The van der Waals surface area contributed by atoms with E-state index in [1.807, 2.05) is 30.3 Å². The van der Waals surface area contributed by atoms with Crippen LogP contribution in [0, 0.1) is 5.82 Å². The third kappa shape index (κ3) is 2.76. The Morgan fingerprint density at radius 3 is 2.67 bits per heavy atom. The molecule has 2 aromatic carbocycles. The van der Waals surface area contributed by atoms with Gasteiger partial charge < -0.3 is 15.4 Å². The van der Waals surface area contributed by atoms with Crippen LogP contribution in [0.4, 0.5) is 15.8 Å². The Kier molecular flexibility index (Phi) is 3.94. The highest BCUT2D eigenvalue weighted by atomic mass is 19.1. The van der Waals surface area contributed by atoms with E-state index in [9.17, 15) is 4.39 Å². The summed E-state index contributed by atoms with van der Waals surface area (Å²) in [6.07, 6.45) is 1.68. The fourth-order valence-corrected chi connectivity index (χ4v) is 3.33. The van der Waals surface area contributed by atoms with E-state index in [0.717, 1.165) is 30.1 Å². The Bertz CT molecular complexity index is 769. The van der Waals surface area contributed by atoms with Crippen molar-refractivity contribution in [3.63, 3.8) is 0 Å². The summed E-state index contributed by atoms with van der Waals surface area (Å²) in [4.78, 5) is 4.83. The second kappa shape index (κ2) is 6.24. The first kappa shape index (κ1) is 15.1. The molecule has 0 radical (unpaired) electrons. The third-order valence-corrected chi connectivity index (χ3v) is 4.71. The van der Waals surface area contributed by atoms with Crippen molar-refractivity contribution in [1.82, 2.24) is 5.32 Å². The molecule has 0 unspecified atom stereocenters. The fourth-order valence-electron chi connectivity index (χ4n) is 3.33. The van der Waals surface area contributed by atoms with E-state index in [1.54, 1.807) is 12.1 Å². The smallest absolute Gasteiger partial charge is 0.129 e. The van der Waals surface area contributed by atoms with Crippen LogP contribution < -0.4 is 10.6 Å². The number of para-hydroxylation sites is 2. The maximum absolute atomic E-state index is 13.9. The Hall–Kier alpha value is -2.40. The molecule has 1 saturated heterocycles. The summed E-state index contributed by atoms with van der Waals surface area (Å²) in [7, 11) is 0. The number of anilines is 1. The second-order valence-corrected chi connectivity index (χ2v) is 6.24. The molecular formula is C19H20FN3O. The standard InChI is InChI=1S/C19H20FN3O/c20-15-6-2-1-5-14(15)13-21-18-19(9-11-24-12-10-19)23-17-8-4-3-7-16(17)22-18/h1-8,23H,9-13H2,(H,21,22). The number of halogens is 1. The largest absolute Gasteiger partial charge is 0.381 e. The zero-order valence-electron chi connectivity index (χ0n) is 13.4. The molecule has 2 N–H and O–H groups in total. The number of hydrogen-bond donors (Lipinski definition) is 2. The molecule has 0 amide bonds. The van der Waals surface area contributed by atoms with Gasteiger partial charge in [-0.1, -0.05) is 30.3 Å². The second-order valence-electron chi connectivity index (χ2n) is 6.24. The quantitative estimate of drug-likeness (QED) is 0.886. The van der Waals surface area contributed by atoms with Crippen molar-refractivity contribution in [2.45, 2.75) is 24.9 Å². The minimum absolute atomic E-state index is 0.198. The lowest BCUT2D eigenvalue weighted by Gasteiger charge is -2.42. The van der Waals surface area contributed by atoms with Gasteiger partial charge in [0.25, 0.3) is 0 Å². The minimum Gasteiger partial charge on any atom is -0.381 e. The summed E-state index contributed by atoms with van der Waals surface area (Å²) < 4.78 is 19.4. The maximum atomic E-state index is 13.9. The van der Waals surface area contributed by atoms with Crippen LogP contribution in [-0.2, 0) is 11.3 Å². The summed E-state index contributed by atoms with van der Waals surface area (Å²) in [5, 5.41) is 7.02. The van der Waals surface area contributed by atoms with Crippen LogP contribution in [0.25, 0.3) is 0 Å². The molecule has 2 aliphatic heterocycles. The van der Waals surface area contributed by atoms with Gasteiger partial charge in [-0.2, -0.15) is 0 Å². The zero-order valence-corrected chi connectivity index (χ0v) is 13.4. The average Bonchev–Trinajstić information content (AvgIpc) is 2.62. The van der Waals surface area contributed by atoms with E-state index in [2.05, 4.69) is 10.6 Å². The van der Waals surface area contributed by atoms with Gasteiger partial charge in [0.1, 0.15) is 11.7 Å². The van der Waals surface area contributed by atoms with Crippen molar-refractivity contribution in [3.05, 3.63) is 59.9 Å². The Labute approximate surface area is 140 Å². The minimum atomic E-state index is -0.266. The van der Waals surface area contributed by atoms with Crippen LogP contribution in [0.5, 0.6) is 0 Å². The normalized spacial score (nSPS) is 18.5. The van der Waals surface area contributed by atoms with E-state index < -0.39 is 0 Å². The van der Waals surface area contributed by atoms with Crippen LogP contribution in [0.2, 0.25) is 0 Å². The highest BCUT2D eigenvalue weighted by Gasteiger charge is 2.40. The van der Waals surface area contributed by atoms with Crippen LogP contribution in [0.3, 0.4) is 0 Å². The fraction of sp³-hybridized carbons (Fsp3) is 0.316. The summed E-state index contributed by atoms with van der Waals surface area (Å²) in [5.41, 5.74) is 2.32. The highest BCUT2D eigenvalue weighted by Crippen LogP contribution is 2.37. The Morgan fingerprint density at radius 2 is 1.83 bits per heavy atom. The Morgan fingerprint density at radius 1 is 1.08 bits per heavy atom. The number of ether oxygens (including phenoxy) is 1. The van der Waals surface area contributed by atoms with Gasteiger partial charge in [-0.3, -0.25) is 0 Å². The SMILES string of the molecule is Fc1ccccc1CNC1=Nc2ccccc2NC12CCOCC2. The van der Waals surface area contributed by atoms with Gasteiger partial charge in [0.05, 0.1) is 16.9 Å². The van der Waals surface area contributed by atoms with Gasteiger partial charge in [0, 0.05) is 38.2 Å². The lowest BCUT2D eigenvalue weighted by molar-refractivity contribution is 0.0771. The molecule has 5 heteroatoms. The number of nitrogens with one attached hydrogen (secondary N) is 2. The summed E-state index contributed by atoms with van der Waals surface area (Å²) >= 11 is 0. The van der Waals surface area contributed by atoms with E-state index in [4.69, 9.17) is 9.73 Å². The zero-order chi connectivity index (χ0) is 16.4. The van der Waals surface area contributed by atoms with Crippen LogP contribution >= 0.6 is 0 Å². The molecule has 0 aliphatic carbocycles. The number of benzene rings is 2. The first-order chi connectivity index (χ1) is 11.8. The van der Waals surface area contributed by atoms with E-state index in [1.165, 1.54) is 6.07 Å². The monoisotopic (exact) mass is 325 g/mol. The molecule has 0 saturated carbocycles. The van der Waals surface area contributed by atoms with Gasteiger partial charge in [-0.05, 0) is 18.2 Å². The summed E-state index contributed by atoms with van der Waals surface area (Å²) in [6, 6.07) is 14.8. The van der Waals surface area contributed by atoms with Crippen molar-refractivity contribution >= 4 is 17.2 Å². The van der Waals surface area contributed by atoms with Crippen molar-refractivity contribution < 1.29 is 9.13 Å². The van der Waals surface area contributed by atoms with Gasteiger partial charge in [0.15, 0.2) is 0 Å². The number of hydrogen-bond acceptors (Lipinski definition) is 4. The van der Waals surface area contributed by atoms with Crippen molar-refractivity contribution in [3.8, 4) is 0 Å². The summed E-state index contributed by atoms with van der Waals surface area (Å²) in [5.74, 6) is 0.670. The van der Waals surface area contributed by atoms with E-state index in [0.29, 0.717) is 25.3 Å². The predicted molar refractivity (Wildman–Crippen MR) is 93.2 cm³/mol. The molecule has 2 aliphatic rings. The number of nitrogens with zero attached hydrogens (tertiary/aromatic N) is 1. The van der Waals surface area contributed by atoms with Crippen molar-refractivity contribution in [2.75, 3.05) is 18.5 Å². The topological polar surface area (TPSA) is 45.7 Å². The molecule has 1 fully saturated rings. The van der Waals surface area contributed by atoms with Crippen LogP contribution in [-0.4, -0.2) is 24.6 Å². The molecular weight excluding hydrogens is 305 g/mol.